The van der Waals surface area contributed by atoms with Gasteiger partial charge in [0.15, 0.2) is 5.69 Å². The summed E-state index contributed by atoms with van der Waals surface area (Å²) in [6.07, 6.45) is 0.987. The van der Waals surface area contributed by atoms with Crippen LogP contribution in [-0.4, -0.2) is 49.5 Å². The molecule has 9 heteroatoms. The van der Waals surface area contributed by atoms with Crippen LogP contribution in [-0.2, 0) is 9.47 Å². The fraction of sp³-hybridized carbons (Fsp3) is 0.353. The van der Waals surface area contributed by atoms with Gasteiger partial charge in [0.1, 0.15) is 11.3 Å². The van der Waals surface area contributed by atoms with Crippen LogP contribution in [0.15, 0.2) is 24.4 Å². The van der Waals surface area contributed by atoms with Crippen molar-refractivity contribution < 1.29 is 19.1 Å². The molecule has 0 aliphatic rings. The molecule has 0 atom stereocenters. The minimum Gasteiger partial charge on any atom is -0.461 e. The average molecular weight is 357 g/mol. The Balaban J connectivity index is 1.96. The van der Waals surface area contributed by atoms with Crippen LogP contribution in [0.5, 0.6) is 0 Å². The number of rotatable bonds is 3. The Bertz CT molecular complexity index is 967. The molecule has 26 heavy (non-hydrogen) atoms. The second-order valence-corrected chi connectivity index (χ2v) is 6.55. The Morgan fingerprint density at radius 3 is 2.69 bits per heavy atom. The van der Waals surface area contributed by atoms with Crippen LogP contribution in [0.4, 0.5) is 4.79 Å². The van der Waals surface area contributed by atoms with Crippen LogP contribution in [0.25, 0.3) is 22.2 Å². The molecule has 0 spiro atoms. The van der Waals surface area contributed by atoms with Crippen molar-refractivity contribution in [1.29, 1.82) is 0 Å². The van der Waals surface area contributed by atoms with Gasteiger partial charge in [0.05, 0.1) is 18.3 Å². The zero-order chi connectivity index (χ0) is 18.9. The molecule has 0 aliphatic carbocycles. The SMILES string of the molecule is CCOC(=O)c1n[nH]nc1-c1ccc2c(cnn2C(=O)OC(C)(C)C)c1. The van der Waals surface area contributed by atoms with Gasteiger partial charge >= 0.3 is 12.1 Å². The maximum atomic E-state index is 12.3. The Labute approximate surface area is 149 Å². The maximum Gasteiger partial charge on any atom is 0.435 e. The summed E-state index contributed by atoms with van der Waals surface area (Å²) >= 11 is 0. The van der Waals surface area contributed by atoms with Crippen LogP contribution in [0, 0.1) is 0 Å². The van der Waals surface area contributed by atoms with E-state index in [1.54, 1.807) is 52.1 Å². The molecule has 0 bridgehead atoms. The summed E-state index contributed by atoms with van der Waals surface area (Å²) in [7, 11) is 0. The zero-order valence-electron chi connectivity index (χ0n) is 14.9. The second kappa shape index (κ2) is 6.58. The Morgan fingerprint density at radius 2 is 2.00 bits per heavy atom. The maximum absolute atomic E-state index is 12.3. The van der Waals surface area contributed by atoms with Crippen molar-refractivity contribution in [3.05, 3.63) is 30.1 Å². The minimum absolute atomic E-state index is 0.103. The highest BCUT2D eigenvalue weighted by Crippen LogP contribution is 2.25. The predicted molar refractivity (Wildman–Crippen MR) is 92.7 cm³/mol. The highest BCUT2D eigenvalue weighted by atomic mass is 16.6. The first-order valence-electron chi connectivity index (χ1n) is 8.09. The zero-order valence-corrected chi connectivity index (χ0v) is 14.9. The number of aromatic nitrogens is 5. The molecule has 0 aliphatic heterocycles. The summed E-state index contributed by atoms with van der Waals surface area (Å²) < 4.78 is 11.5. The van der Waals surface area contributed by atoms with Crippen molar-refractivity contribution in [2.75, 3.05) is 6.61 Å². The molecule has 3 rings (SSSR count). The van der Waals surface area contributed by atoms with Gasteiger partial charge in [-0.3, -0.25) is 0 Å². The second-order valence-electron chi connectivity index (χ2n) is 6.55. The molecule has 3 aromatic rings. The average Bonchev–Trinajstić information content (AvgIpc) is 3.19. The fourth-order valence-corrected chi connectivity index (χ4v) is 2.40. The lowest BCUT2D eigenvalue weighted by Crippen LogP contribution is -2.27. The Hall–Kier alpha value is -3.23. The van der Waals surface area contributed by atoms with Gasteiger partial charge in [0.2, 0.25) is 0 Å². The van der Waals surface area contributed by atoms with Crippen molar-refractivity contribution in [3.8, 4) is 11.3 Å². The van der Waals surface area contributed by atoms with Gasteiger partial charge in [0.25, 0.3) is 0 Å². The van der Waals surface area contributed by atoms with Crippen LogP contribution in [0.2, 0.25) is 0 Å². The lowest BCUT2D eigenvalue weighted by Gasteiger charge is -2.19. The standard InChI is InChI=1S/C17H19N5O4/c1-5-25-15(23)14-13(19-21-20-14)10-6-7-12-11(8-10)9-18-22(12)16(24)26-17(2,3)4/h6-9H,5H2,1-4H3,(H,19,20,21). The van der Waals surface area contributed by atoms with Crippen LogP contribution in [0.3, 0.4) is 0 Å². The topological polar surface area (TPSA) is 112 Å². The van der Waals surface area contributed by atoms with E-state index in [-0.39, 0.29) is 12.3 Å². The van der Waals surface area contributed by atoms with Crippen LogP contribution < -0.4 is 0 Å². The van der Waals surface area contributed by atoms with Crippen molar-refractivity contribution in [1.82, 2.24) is 25.2 Å². The number of aromatic amines is 1. The number of nitrogens with zero attached hydrogens (tertiary/aromatic N) is 4. The monoisotopic (exact) mass is 357 g/mol. The minimum atomic E-state index is -0.620. The quantitative estimate of drug-likeness (QED) is 0.717. The van der Waals surface area contributed by atoms with E-state index in [4.69, 9.17) is 9.47 Å². The summed E-state index contributed by atoms with van der Waals surface area (Å²) in [5.41, 5.74) is 1.09. The molecule has 0 radical (unpaired) electrons. The third kappa shape index (κ3) is 3.41. The molecule has 1 aromatic carbocycles. The van der Waals surface area contributed by atoms with E-state index in [1.165, 1.54) is 4.68 Å². The molecule has 1 N–H and O–H groups in total. The summed E-state index contributed by atoms with van der Waals surface area (Å²) in [6.45, 7) is 7.32. The smallest absolute Gasteiger partial charge is 0.435 e. The van der Waals surface area contributed by atoms with Gasteiger partial charge < -0.3 is 9.47 Å². The van der Waals surface area contributed by atoms with E-state index >= 15 is 0 Å². The predicted octanol–water partition coefficient (Wildman–Crippen LogP) is 2.78. The first kappa shape index (κ1) is 17.6. The third-order valence-corrected chi connectivity index (χ3v) is 3.42. The Kier molecular flexibility index (Phi) is 4.45. The van der Waals surface area contributed by atoms with E-state index in [1.807, 2.05) is 0 Å². The van der Waals surface area contributed by atoms with Crippen molar-refractivity contribution >= 4 is 23.0 Å². The highest BCUT2D eigenvalue weighted by molar-refractivity contribution is 5.96. The van der Waals surface area contributed by atoms with E-state index < -0.39 is 17.7 Å². The van der Waals surface area contributed by atoms with Gasteiger partial charge in [-0.25, -0.2) is 9.59 Å². The van der Waals surface area contributed by atoms with Gasteiger partial charge in [-0.2, -0.15) is 20.1 Å². The summed E-state index contributed by atoms with van der Waals surface area (Å²) in [6, 6.07) is 5.21. The lowest BCUT2D eigenvalue weighted by atomic mass is 10.1. The largest absolute Gasteiger partial charge is 0.461 e. The number of H-pyrrole nitrogens is 1. The van der Waals surface area contributed by atoms with Crippen molar-refractivity contribution in [2.24, 2.45) is 0 Å². The number of ether oxygens (including phenoxy) is 2. The number of carbonyl (C=O) groups excluding carboxylic acids is 2. The Morgan fingerprint density at radius 1 is 1.23 bits per heavy atom. The molecule has 0 saturated carbocycles. The van der Waals surface area contributed by atoms with Crippen LogP contribution in [0.1, 0.15) is 38.2 Å². The molecule has 0 amide bonds. The van der Waals surface area contributed by atoms with E-state index in [0.717, 1.165) is 0 Å². The van der Waals surface area contributed by atoms with Crippen LogP contribution >= 0.6 is 0 Å². The number of fused-ring (bicyclic) bond motifs is 1. The number of carbonyl (C=O) groups is 2. The molecule has 0 saturated heterocycles. The molecule has 2 aromatic heterocycles. The molecule has 0 fully saturated rings. The molecule has 0 unspecified atom stereocenters. The van der Waals surface area contributed by atoms with Crippen molar-refractivity contribution in [2.45, 2.75) is 33.3 Å². The summed E-state index contributed by atoms with van der Waals surface area (Å²) in [5, 5.41) is 15.1. The number of hydrogen-bond acceptors (Lipinski definition) is 7. The van der Waals surface area contributed by atoms with Gasteiger partial charge in [-0.1, -0.05) is 6.07 Å². The highest BCUT2D eigenvalue weighted by Gasteiger charge is 2.22. The number of benzene rings is 1. The first-order valence-corrected chi connectivity index (χ1v) is 8.09. The number of esters is 1. The molecule has 136 valence electrons. The van der Waals surface area contributed by atoms with E-state index in [9.17, 15) is 9.59 Å². The molecule has 9 nitrogen and oxygen atoms in total. The third-order valence-electron chi connectivity index (χ3n) is 3.42. The molecular weight excluding hydrogens is 338 g/mol. The van der Waals surface area contributed by atoms with E-state index in [0.29, 0.717) is 22.2 Å². The van der Waals surface area contributed by atoms with Gasteiger partial charge in [-0.05, 0) is 39.8 Å². The fourth-order valence-electron chi connectivity index (χ4n) is 2.40. The summed E-state index contributed by atoms with van der Waals surface area (Å²) in [5.74, 6) is -0.555. The van der Waals surface area contributed by atoms with Crippen molar-refractivity contribution in [3.63, 3.8) is 0 Å². The molecular formula is C17H19N5O4. The van der Waals surface area contributed by atoms with Gasteiger partial charge in [0, 0.05) is 10.9 Å². The number of hydrogen-bond donors (Lipinski definition) is 1. The van der Waals surface area contributed by atoms with E-state index in [2.05, 4.69) is 20.5 Å². The normalized spacial score (nSPS) is 11.5. The molecule has 2 heterocycles. The summed E-state index contributed by atoms with van der Waals surface area (Å²) in [4.78, 5) is 24.2. The first-order chi connectivity index (χ1) is 12.3. The lowest BCUT2D eigenvalue weighted by molar-refractivity contribution is 0.0511. The van der Waals surface area contributed by atoms with Gasteiger partial charge in [-0.15, -0.1) is 5.10 Å². The number of nitrogens with one attached hydrogen (secondary N) is 1.